The molecule has 0 saturated heterocycles. The Bertz CT molecular complexity index is 1070. The van der Waals surface area contributed by atoms with E-state index in [0.717, 1.165) is 5.56 Å². The second-order valence-corrected chi connectivity index (χ2v) is 6.30. The lowest BCUT2D eigenvalue weighted by atomic mass is 10.1. The number of methoxy groups -OCH3 is 3. The summed E-state index contributed by atoms with van der Waals surface area (Å²) in [6.45, 7) is 0.419. The molecule has 0 radical (unpaired) electrons. The van der Waals surface area contributed by atoms with Crippen molar-refractivity contribution in [1.29, 1.82) is 0 Å². The van der Waals surface area contributed by atoms with Gasteiger partial charge in [-0.1, -0.05) is 0 Å². The maximum atomic E-state index is 12.6. The van der Waals surface area contributed by atoms with Gasteiger partial charge >= 0.3 is 5.69 Å². The van der Waals surface area contributed by atoms with Gasteiger partial charge in [0.1, 0.15) is 0 Å². The number of amides is 1. The second kappa shape index (κ2) is 9.12. The first-order valence-corrected chi connectivity index (χ1v) is 9.12. The quantitative estimate of drug-likeness (QED) is 0.589. The number of carbonyl (C=O) groups excluding carboxylic acids is 1. The van der Waals surface area contributed by atoms with E-state index in [1.54, 1.807) is 37.6 Å². The molecule has 1 N–H and O–H groups in total. The molecular weight excluding hydrogens is 390 g/mol. The standard InChI is InChI=1S/C20H23N5O5/c1-24-18(13-6-5-7-21-12-13)23-25(20(24)27)9-8-22-19(26)14-10-15(28-2)17(30-4)16(11-14)29-3/h5-7,10-12H,8-9H2,1-4H3,(H,22,26). The number of carbonyl (C=O) groups is 1. The fraction of sp³-hybridized carbons (Fsp3) is 0.300. The minimum absolute atomic E-state index is 0.207. The molecule has 1 amide bonds. The minimum atomic E-state index is -0.342. The topological polar surface area (TPSA) is 110 Å². The highest BCUT2D eigenvalue weighted by Crippen LogP contribution is 2.38. The van der Waals surface area contributed by atoms with Gasteiger partial charge in [-0.3, -0.25) is 14.3 Å². The van der Waals surface area contributed by atoms with Gasteiger partial charge in [0.2, 0.25) is 5.75 Å². The largest absolute Gasteiger partial charge is 0.493 e. The van der Waals surface area contributed by atoms with Crippen molar-refractivity contribution in [3.63, 3.8) is 0 Å². The van der Waals surface area contributed by atoms with Crippen LogP contribution in [0.3, 0.4) is 0 Å². The van der Waals surface area contributed by atoms with Crippen LogP contribution in [0.2, 0.25) is 0 Å². The Hall–Kier alpha value is -3.82. The Morgan fingerprint density at radius 2 is 1.83 bits per heavy atom. The summed E-state index contributed by atoms with van der Waals surface area (Å²) in [5.41, 5.74) is 0.794. The van der Waals surface area contributed by atoms with Crippen LogP contribution in [0.4, 0.5) is 0 Å². The second-order valence-electron chi connectivity index (χ2n) is 6.30. The van der Waals surface area contributed by atoms with Crippen LogP contribution in [0, 0.1) is 0 Å². The van der Waals surface area contributed by atoms with E-state index in [9.17, 15) is 9.59 Å². The van der Waals surface area contributed by atoms with Crippen LogP contribution in [-0.4, -0.2) is 53.1 Å². The fourth-order valence-electron chi connectivity index (χ4n) is 2.97. The average Bonchev–Trinajstić information content (AvgIpc) is 3.07. The molecule has 0 saturated carbocycles. The molecule has 0 unspecified atom stereocenters. The zero-order valence-electron chi connectivity index (χ0n) is 17.2. The molecule has 0 aliphatic heterocycles. The highest BCUT2D eigenvalue weighted by atomic mass is 16.5. The van der Waals surface area contributed by atoms with Gasteiger partial charge in [0.15, 0.2) is 17.3 Å². The first kappa shape index (κ1) is 20.9. The van der Waals surface area contributed by atoms with Crippen molar-refractivity contribution >= 4 is 5.91 Å². The van der Waals surface area contributed by atoms with Crippen molar-refractivity contribution in [2.45, 2.75) is 6.54 Å². The van der Waals surface area contributed by atoms with Gasteiger partial charge in [0.05, 0.1) is 27.9 Å². The zero-order valence-corrected chi connectivity index (χ0v) is 17.2. The van der Waals surface area contributed by atoms with Crippen LogP contribution in [0.1, 0.15) is 10.4 Å². The average molecular weight is 413 g/mol. The Balaban J connectivity index is 1.72. The van der Waals surface area contributed by atoms with Crippen molar-refractivity contribution in [3.8, 4) is 28.6 Å². The molecule has 0 atom stereocenters. The number of nitrogens with one attached hydrogen (secondary N) is 1. The highest BCUT2D eigenvalue weighted by molar-refractivity contribution is 5.95. The Morgan fingerprint density at radius 3 is 2.40 bits per heavy atom. The maximum absolute atomic E-state index is 12.6. The first-order valence-electron chi connectivity index (χ1n) is 9.12. The highest BCUT2D eigenvalue weighted by Gasteiger charge is 2.17. The van der Waals surface area contributed by atoms with Gasteiger partial charge in [-0.15, -0.1) is 5.10 Å². The van der Waals surface area contributed by atoms with Crippen LogP contribution in [0.25, 0.3) is 11.4 Å². The summed E-state index contributed by atoms with van der Waals surface area (Å²) in [7, 11) is 6.09. The smallest absolute Gasteiger partial charge is 0.345 e. The van der Waals surface area contributed by atoms with E-state index < -0.39 is 0 Å². The van der Waals surface area contributed by atoms with E-state index in [1.807, 2.05) is 6.07 Å². The SMILES string of the molecule is COc1cc(C(=O)NCCn2nc(-c3cccnc3)n(C)c2=O)cc(OC)c1OC. The molecule has 2 heterocycles. The van der Waals surface area contributed by atoms with Crippen LogP contribution in [-0.2, 0) is 13.6 Å². The van der Waals surface area contributed by atoms with Gasteiger partial charge in [-0.25, -0.2) is 9.48 Å². The van der Waals surface area contributed by atoms with Crippen molar-refractivity contribution in [2.24, 2.45) is 7.05 Å². The molecule has 1 aromatic carbocycles. The van der Waals surface area contributed by atoms with Crippen LogP contribution in [0.15, 0.2) is 41.5 Å². The third-order valence-corrected chi connectivity index (χ3v) is 4.50. The van der Waals surface area contributed by atoms with E-state index >= 15 is 0 Å². The van der Waals surface area contributed by atoms with Gasteiger partial charge in [-0.2, -0.15) is 0 Å². The van der Waals surface area contributed by atoms with E-state index in [0.29, 0.717) is 28.6 Å². The van der Waals surface area contributed by atoms with Crippen LogP contribution >= 0.6 is 0 Å². The zero-order chi connectivity index (χ0) is 21.7. The summed E-state index contributed by atoms with van der Waals surface area (Å²) in [6.07, 6.45) is 3.29. The lowest BCUT2D eigenvalue weighted by Gasteiger charge is -2.14. The van der Waals surface area contributed by atoms with Gasteiger partial charge < -0.3 is 19.5 Å². The molecule has 0 fully saturated rings. The van der Waals surface area contributed by atoms with Gasteiger partial charge in [0.25, 0.3) is 5.91 Å². The first-order chi connectivity index (χ1) is 14.5. The number of hydrogen-bond acceptors (Lipinski definition) is 7. The van der Waals surface area contributed by atoms with Gasteiger partial charge in [-0.05, 0) is 24.3 Å². The summed E-state index contributed by atoms with van der Waals surface area (Å²) in [4.78, 5) is 29.0. The molecule has 30 heavy (non-hydrogen) atoms. The summed E-state index contributed by atoms with van der Waals surface area (Å²) >= 11 is 0. The number of hydrogen-bond donors (Lipinski definition) is 1. The van der Waals surface area contributed by atoms with E-state index in [2.05, 4.69) is 15.4 Å². The number of ether oxygens (including phenoxy) is 3. The lowest BCUT2D eigenvalue weighted by Crippen LogP contribution is -2.31. The predicted octanol–water partition coefficient (Wildman–Crippen LogP) is 1.10. The van der Waals surface area contributed by atoms with Crippen molar-refractivity contribution in [3.05, 3.63) is 52.7 Å². The van der Waals surface area contributed by atoms with E-state index in [4.69, 9.17) is 14.2 Å². The molecule has 3 rings (SSSR count). The summed E-state index contributed by atoms with van der Waals surface area (Å²) in [5, 5.41) is 7.12. The number of benzene rings is 1. The number of nitrogens with zero attached hydrogens (tertiary/aromatic N) is 4. The third-order valence-electron chi connectivity index (χ3n) is 4.50. The molecule has 158 valence electrons. The molecule has 0 aliphatic rings. The lowest BCUT2D eigenvalue weighted by molar-refractivity contribution is 0.0951. The molecular formula is C20H23N5O5. The molecule has 10 heteroatoms. The van der Waals surface area contributed by atoms with E-state index in [-0.39, 0.29) is 24.7 Å². The predicted molar refractivity (Wildman–Crippen MR) is 109 cm³/mol. The number of pyridine rings is 1. The van der Waals surface area contributed by atoms with Crippen molar-refractivity contribution in [1.82, 2.24) is 24.6 Å². The molecule has 3 aromatic rings. The van der Waals surface area contributed by atoms with Crippen molar-refractivity contribution < 1.29 is 19.0 Å². The number of rotatable bonds is 8. The number of aromatic nitrogens is 4. The summed E-state index contributed by atoms with van der Waals surface area (Å²) < 4.78 is 18.5. The molecule has 0 aliphatic carbocycles. The van der Waals surface area contributed by atoms with E-state index in [1.165, 1.54) is 30.6 Å². The summed E-state index contributed by atoms with van der Waals surface area (Å²) in [5.74, 6) is 1.32. The Kier molecular flexibility index (Phi) is 6.35. The maximum Gasteiger partial charge on any atom is 0.345 e. The van der Waals surface area contributed by atoms with Crippen LogP contribution in [0.5, 0.6) is 17.2 Å². The monoisotopic (exact) mass is 413 g/mol. The molecule has 0 spiro atoms. The fourth-order valence-corrected chi connectivity index (χ4v) is 2.97. The molecule has 2 aromatic heterocycles. The van der Waals surface area contributed by atoms with Crippen molar-refractivity contribution in [2.75, 3.05) is 27.9 Å². The third kappa shape index (κ3) is 4.12. The van der Waals surface area contributed by atoms with Crippen LogP contribution < -0.4 is 25.2 Å². The Labute approximate surface area is 173 Å². The molecule has 10 nitrogen and oxygen atoms in total. The Morgan fingerprint density at radius 1 is 1.13 bits per heavy atom. The van der Waals surface area contributed by atoms with Gasteiger partial charge in [0, 0.05) is 37.1 Å². The summed E-state index contributed by atoms with van der Waals surface area (Å²) in [6, 6.07) is 6.72. The molecule has 0 bridgehead atoms. The minimum Gasteiger partial charge on any atom is -0.493 e. The normalized spacial score (nSPS) is 10.5.